The molecule has 0 saturated carbocycles. The minimum Gasteiger partial charge on any atom is -0.379 e. The van der Waals surface area contributed by atoms with Gasteiger partial charge in [0.1, 0.15) is 6.04 Å². The number of carbonyl (C=O) groups is 1. The highest BCUT2D eigenvalue weighted by atomic mass is 79.9. The Morgan fingerprint density at radius 2 is 2.11 bits per heavy atom. The summed E-state index contributed by atoms with van der Waals surface area (Å²) in [5.41, 5.74) is 3.28. The Bertz CT molecular complexity index is 477. The molecule has 0 bridgehead atoms. The van der Waals surface area contributed by atoms with Crippen LogP contribution in [0.3, 0.4) is 0 Å². The summed E-state index contributed by atoms with van der Waals surface area (Å²) in [6.45, 7) is -2.71. The Balaban J connectivity index is 2.34. The van der Waals surface area contributed by atoms with Crippen molar-refractivity contribution in [1.29, 1.82) is 0 Å². The number of carbonyl (C=O) groups excluding carboxylic acids is 1. The first-order valence-corrected chi connectivity index (χ1v) is 8.43. The van der Waals surface area contributed by atoms with E-state index in [9.17, 15) is 9.36 Å². The molecule has 0 heterocycles. The van der Waals surface area contributed by atoms with Gasteiger partial charge in [-0.3, -0.25) is 4.84 Å². The van der Waals surface area contributed by atoms with Crippen LogP contribution in [0.5, 0.6) is 0 Å². The lowest BCUT2D eigenvalue weighted by atomic mass is 10.2. The van der Waals surface area contributed by atoms with Crippen molar-refractivity contribution in [3.63, 3.8) is 0 Å². The molecule has 2 N–H and O–H groups in total. The molecule has 0 aliphatic heterocycles. The van der Waals surface area contributed by atoms with Crippen molar-refractivity contribution >= 4 is 40.1 Å². The molecule has 6 nitrogen and oxygen atoms in total. The van der Waals surface area contributed by atoms with Gasteiger partial charge in [-0.15, -0.1) is 0 Å². The average Bonchev–Trinajstić information content (AvgIpc) is 2.29. The zero-order valence-corrected chi connectivity index (χ0v) is 13.1. The molecule has 9 heteroatoms. The largest absolute Gasteiger partial charge is 0.476 e. The third-order valence-electron chi connectivity index (χ3n) is 1.97. The van der Waals surface area contributed by atoms with E-state index in [4.69, 9.17) is 21.0 Å². The highest BCUT2D eigenvalue weighted by Gasteiger charge is 2.24. The molecule has 1 unspecified atom stereocenters. The minimum atomic E-state index is -4.35. The highest BCUT2D eigenvalue weighted by molar-refractivity contribution is 9.10. The lowest BCUT2D eigenvalue weighted by molar-refractivity contribution is -0.141. The molecule has 0 aliphatic rings. The fourth-order valence-electron chi connectivity index (χ4n) is 1.07. The summed E-state index contributed by atoms with van der Waals surface area (Å²) >= 11 is 8.22. The summed E-state index contributed by atoms with van der Waals surface area (Å²) in [7, 11) is 0. The molecule has 1 rings (SSSR count). The summed E-state index contributed by atoms with van der Waals surface area (Å²) in [6, 6.07) is 6.47. The van der Waals surface area contributed by atoms with E-state index in [0.717, 1.165) is 10.0 Å². The molecular formula is C10H12BrClNO5P. The van der Waals surface area contributed by atoms with E-state index < -0.39 is 19.0 Å². The van der Waals surface area contributed by atoms with Gasteiger partial charge in [-0.1, -0.05) is 28.1 Å². The number of benzene rings is 1. The fourth-order valence-corrected chi connectivity index (χ4v) is 1.92. The van der Waals surface area contributed by atoms with E-state index in [2.05, 4.69) is 25.9 Å². The lowest BCUT2D eigenvalue weighted by Crippen LogP contribution is -2.34. The van der Waals surface area contributed by atoms with Crippen LogP contribution in [0.15, 0.2) is 28.7 Å². The van der Waals surface area contributed by atoms with Gasteiger partial charge >= 0.3 is 12.9 Å². The maximum absolute atomic E-state index is 11.3. The van der Waals surface area contributed by atoms with Crippen molar-refractivity contribution in [2.75, 3.05) is 0 Å². The summed E-state index contributed by atoms with van der Waals surface area (Å²) in [6.07, 6.45) is 0. The summed E-state index contributed by atoms with van der Waals surface area (Å²) in [5.74, 6) is -0.975. The van der Waals surface area contributed by atoms with Gasteiger partial charge in [0.15, 0.2) is 0 Å². The second-order valence-corrected chi connectivity index (χ2v) is 6.90. The zero-order chi connectivity index (χ0) is 14.5. The van der Waals surface area contributed by atoms with Crippen LogP contribution in [-0.4, -0.2) is 16.9 Å². The zero-order valence-electron chi connectivity index (χ0n) is 9.88. The third-order valence-corrected chi connectivity index (χ3v) is 3.11. The van der Waals surface area contributed by atoms with Crippen LogP contribution in [-0.2, 0) is 25.3 Å². The SMILES string of the molecule is C[C@H](NOCc1ccc(Br)cc1)C(=O)OP(=O)(O)Cl. The predicted molar refractivity (Wildman–Crippen MR) is 73.3 cm³/mol. The summed E-state index contributed by atoms with van der Waals surface area (Å²) < 4.78 is 15.7. The van der Waals surface area contributed by atoms with Gasteiger partial charge in [0, 0.05) is 15.7 Å². The van der Waals surface area contributed by atoms with E-state index in [-0.39, 0.29) is 6.61 Å². The standard InChI is InChI=1S/C10H12BrClNO5P/c1-7(10(14)18-19(12,15)16)13-17-6-8-2-4-9(11)5-3-8/h2-5,7,13H,6H2,1H3,(H,15,16)/t7-/m0/s1. The average molecular weight is 373 g/mol. The topological polar surface area (TPSA) is 84.9 Å². The van der Waals surface area contributed by atoms with Gasteiger partial charge in [0.2, 0.25) is 0 Å². The Morgan fingerprint density at radius 1 is 1.53 bits per heavy atom. The molecule has 0 fully saturated rings. The van der Waals surface area contributed by atoms with Gasteiger partial charge in [-0.2, -0.15) is 5.48 Å². The van der Waals surface area contributed by atoms with Crippen LogP contribution in [0, 0.1) is 0 Å². The smallest absolute Gasteiger partial charge is 0.379 e. The van der Waals surface area contributed by atoms with Gasteiger partial charge in [0.25, 0.3) is 0 Å². The van der Waals surface area contributed by atoms with E-state index in [0.29, 0.717) is 0 Å². The number of hydroxylamine groups is 1. The van der Waals surface area contributed by atoms with Gasteiger partial charge < -0.3 is 9.42 Å². The summed E-state index contributed by atoms with van der Waals surface area (Å²) in [4.78, 5) is 25.0. The summed E-state index contributed by atoms with van der Waals surface area (Å²) in [5, 5.41) is 0. The van der Waals surface area contributed by atoms with Crippen LogP contribution in [0.1, 0.15) is 12.5 Å². The maximum Gasteiger partial charge on any atom is 0.476 e. The Kier molecular flexibility index (Phi) is 6.46. The molecule has 0 aliphatic carbocycles. The molecule has 2 atom stereocenters. The first kappa shape index (κ1) is 16.6. The van der Waals surface area contributed by atoms with Crippen molar-refractivity contribution in [1.82, 2.24) is 5.48 Å². The quantitative estimate of drug-likeness (QED) is 0.590. The van der Waals surface area contributed by atoms with Crippen LogP contribution in [0.4, 0.5) is 0 Å². The molecule has 0 aromatic heterocycles. The van der Waals surface area contributed by atoms with Crippen molar-refractivity contribution in [2.45, 2.75) is 19.6 Å². The first-order valence-electron chi connectivity index (χ1n) is 5.15. The fraction of sp³-hybridized carbons (Fsp3) is 0.300. The van der Waals surface area contributed by atoms with Crippen molar-refractivity contribution in [3.05, 3.63) is 34.3 Å². The molecule has 0 radical (unpaired) electrons. The number of halogens is 2. The lowest BCUT2D eigenvalue weighted by Gasteiger charge is -2.13. The first-order chi connectivity index (χ1) is 8.78. The Hall–Kier alpha value is -0.430. The van der Waals surface area contributed by atoms with Crippen LogP contribution in [0.25, 0.3) is 0 Å². The molecule has 0 amide bonds. The number of hydrogen-bond donors (Lipinski definition) is 2. The number of hydrogen-bond acceptors (Lipinski definition) is 5. The maximum atomic E-state index is 11.3. The van der Waals surface area contributed by atoms with Crippen molar-refractivity contribution < 1.29 is 23.6 Å². The minimum absolute atomic E-state index is 0.225. The van der Waals surface area contributed by atoms with Crippen molar-refractivity contribution in [2.24, 2.45) is 0 Å². The van der Waals surface area contributed by atoms with Crippen LogP contribution < -0.4 is 5.48 Å². The second kappa shape index (κ2) is 7.38. The monoisotopic (exact) mass is 371 g/mol. The van der Waals surface area contributed by atoms with Gasteiger partial charge in [-0.05, 0) is 24.6 Å². The van der Waals surface area contributed by atoms with Gasteiger partial charge in [-0.25, -0.2) is 9.36 Å². The van der Waals surface area contributed by atoms with Gasteiger partial charge in [0.05, 0.1) is 6.61 Å². The third kappa shape index (κ3) is 7.06. The molecule has 1 aromatic rings. The predicted octanol–water partition coefficient (Wildman–Crippen LogP) is 2.74. The number of rotatable bonds is 6. The van der Waals surface area contributed by atoms with Crippen LogP contribution in [0.2, 0.25) is 0 Å². The Morgan fingerprint density at radius 3 is 2.63 bits per heavy atom. The molecular weight excluding hydrogens is 360 g/mol. The molecule has 106 valence electrons. The second-order valence-electron chi connectivity index (χ2n) is 3.62. The molecule has 19 heavy (non-hydrogen) atoms. The van der Waals surface area contributed by atoms with E-state index >= 15 is 0 Å². The number of nitrogens with one attached hydrogen (secondary N) is 1. The molecule has 0 saturated heterocycles. The van der Waals surface area contributed by atoms with E-state index in [1.807, 2.05) is 24.3 Å². The Labute approximate surface area is 123 Å². The van der Waals surface area contributed by atoms with E-state index in [1.54, 1.807) is 0 Å². The van der Waals surface area contributed by atoms with Crippen LogP contribution >= 0.6 is 34.1 Å². The molecule has 0 spiro atoms. The van der Waals surface area contributed by atoms with E-state index in [1.165, 1.54) is 6.92 Å². The normalized spacial score (nSPS) is 15.6. The van der Waals surface area contributed by atoms with Crippen molar-refractivity contribution in [3.8, 4) is 0 Å². The highest BCUT2D eigenvalue weighted by Crippen LogP contribution is 2.47. The molecule has 1 aromatic carbocycles.